The molecule has 0 aromatic heterocycles. The van der Waals surface area contributed by atoms with Gasteiger partial charge in [0.1, 0.15) is 5.75 Å². The Hall–Kier alpha value is -1.95. The van der Waals surface area contributed by atoms with Crippen LogP contribution in [0.3, 0.4) is 0 Å². The van der Waals surface area contributed by atoms with Gasteiger partial charge in [-0.2, -0.15) is 0 Å². The molecule has 2 aromatic rings. The van der Waals surface area contributed by atoms with E-state index in [1.165, 1.54) is 0 Å². The fourth-order valence-electron chi connectivity index (χ4n) is 3.34. The predicted molar refractivity (Wildman–Crippen MR) is 116 cm³/mol. The first-order chi connectivity index (χ1) is 13.5. The standard InChI is InChI=1S/C21H25Cl2N3O2/c1-3-28-20-7-5-4-6-19(20)26-12-10-25(11-13-26)15(2)21(27)24-18-9-8-16(22)14-17(18)23/h4-9,14-15H,3,10-13H2,1-2H3,(H,24,27)/t15-/m0/s1. The molecule has 1 aliphatic rings. The van der Waals surface area contributed by atoms with Crippen molar-refractivity contribution in [3.63, 3.8) is 0 Å². The first-order valence-corrected chi connectivity index (χ1v) is 10.2. The van der Waals surface area contributed by atoms with E-state index in [4.69, 9.17) is 27.9 Å². The molecule has 150 valence electrons. The fraction of sp³-hybridized carbons (Fsp3) is 0.381. The van der Waals surface area contributed by atoms with Gasteiger partial charge in [0.15, 0.2) is 0 Å². The molecule has 1 N–H and O–H groups in total. The third-order valence-corrected chi connectivity index (χ3v) is 5.48. The van der Waals surface area contributed by atoms with E-state index in [-0.39, 0.29) is 11.9 Å². The van der Waals surface area contributed by atoms with Crippen LogP contribution in [0.25, 0.3) is 0 Å². The lowest BCUT2D eigenvalue weighted by molar-refractivity contribution is -0.120. The maximum Gasteiger partial charge on any atom is 0.241 e. The van der Waals surface area contributed by atoms with E-state index in [0.29, 0.717) is 22.3 Å². The average molecular weight is 422 g/mol. The Labute approximate surface area is 176 Å². The summed E-state index contributed by atoms with van der Waals surface area (Å²) in [5.74, 6) is 0.828. The molecule has 28 heavy (non-hydrogen) atoms. The smallest absolute Gasteiger partial charge is 0.241 e. The Bertz CT molecular complexity index is 823. The van der Waals surface area contributed by atoms with Crippen molar-refractivity contribution in [2.45, 2.75) is 19.9 Å². The van der Waals surface area contributed by atoms with Crippen LogP contribution in [0.5, 0.6) is 5.75 Å². The summed E-state index contributed by atoms with van der Waals surface area (Å²) in [5.41, 5.74) is 1.68. The van der Waals surface area contributed by atoms with Crippen molar-refractivity contribution < 1.29 is 9.53 Å². The van der Waals surface area contributed by atoms with Gasteiger partial charge in [-0.15, -0.1) is 0 Å². The molecule has 1 fully saturated rings. The SMILES string of the molecule is CCOc1ccccc1N1CCN([C@@H](C)C(=O)Nc2ccc(Cl)cc2Cl)CC1. The summed E-state index contributed by atoms with van der Waals surface area (Å²) >= 11 is 12.1. The first-order valence-electron chi connectivity index (χ1n) is 9.46. The molecule has 0 saturated carbocycles. The Kier molecular flexibility index (Phi) is 7.05. The second-order valence-electron chi connectivity index (χ2n) is 6.71. The summed E-state index contributed by atoms with van der Waals surface area (Å²) in [6.45, 7) is 7.81. The zero-order chi connectivity index (χ0) is 20.1. The molecule has 1 aliphatic heterocycles. The van der Waals surface area contributed by atoms with E-state index in [2.05, 4.69) is 21.2 Å². The monoisotopic (exact) mass is 421 g/mol. The Morgan fingerprint density at radius 1 is 1.14 bits per heavy atom. The quantitative estimate of drug-likeness (QED) is 0.743. The van der Waals surface area contributed by atoms with Gasteiger partial charge in [-0.25, -0.2) is 0 Å². The lowest BCUT2D eigenvalue weighted by Crippen LogP contribution is -2.52. The van der Waals surface area contributed by atoms with E-state index in [0.717, 1.165) is 37.6 Å². The molecule has 0 aliphatic carbocycles. The van der Waals surface area contributed by atoms with Gasteiger partial charge in [0.05, 0.1) is 29.0 Å². The number of hydrogen-bond donors (Lipinski definition) is 1. The summed E-state index contributed by atoms with van der Waals surface area (Å²) < 4.78 is 5.75. The topological polar surface area (TPSA) is 44.8 Å². The number of nitrogens with zero attached hydrogens (tertiary/aromatic N) is 2. The van der Waals surface area contributed by atoms with Gasteiger partial charge < -0.3 is 15.0 Å². The lowest BCUT2D eigenvalue weighted by Gasteiger charge is -2.39. The van der Waals surface area contributed by atoms with Crippen molar-refractivity contribution in [1.29, 1.82) is 0 Å². The van der Waals surface area contributed by atoms with Crippen molar-refractivity contribution in [1.82, 2.24) is 4.90 Å². The molecule has 0 bridgehead atoms. The molecule has 1 amide bonds. The van der Waals surface area contributed by atoms with Gasteiger partial charge in [0, 0.05) is 31.2 Å². The van der Waals surface area contributed by atoms with Gasteiger partial charge in [0.25, 0.3) is 0 Å². The van der Waals surface area contributed by atoms with Crippen LogP contribution in [-0.2, 0) is 4.79 Å². The van der Waals surface area contributed by atoms with Crippen LogP contribution >= 0.6 is 23.2 Å². The maximum absolute atomic E-state index is 12.7. The fourth-order valence-corrected chi connectivity index (χ4v) is 3.80. The van der Waals surface area contributed by atoms with E-state index in [1.807, 2.05) is 32.0 Å². The molecular weight excluding hydrogens is 397 g/mol. The van der Waals surface area contributed by atoms with Crippen LogP contribution in [0.1, 0.15) is 13.8 Å². The van der Waals surface area contributed by atoms with Gasteiger partial charge in [-0.3, -0.25) is 9.69 Å². The zero-order valence-electron chi connectivity index (χ0n) is 16.1. The van der Waals surface area contributed by atoms with Gasteiger partial charge in [0.2, 0.25) is 5.91 Å². The highest BCUT2D eigenvalue weighted by Gasteiger charge is 2.27. The third-order valence-electron chi connectivity index (χ3n) is 4.94. The molecule has 7 heteroatoms. The molecule has 3 rings (SSSR count). The number of amides is 1. The zero-order valence-corrected chi connectivity index (χ0v) is 17.6. The molecule has 0 unspecified atom stereocenters. The Morgan fingerprint density at radius 3 is 2.54 bits per heavy atom. The number of anilines is 2. The normalized spacial score (nSPS) is 15.9. The molecule has 1 atom stereocenters. The van der Waals surface area contributed by atoms with Crippen LogP contribution in [0.2, 0.25) is 10.0 Å². The molecule has 2 aromatic carbocycles. The van der Waals surface area contributed by atoms with Crippen molar-refractivity contribution in [2.75, 3.05) is 43.0 Å². The summed E-state index contributed by atoms with van der Waals surface area (Å²) in [6.07, 6.45) is 0. The second kappa shape index (κ2) is 9.50. The van der Waals surface area contributed by atoms with E-state index in [1.54, 1.807) is 18.2 Å². The minimum atomic E-state index is -0.254. The highest BCUT2D eigenvalue weighted by Crippen LogP contribution is 2.29. The van der Waals surface area contributed by atoms with Crippen molar-refractivity contribution in [2.24, 2.45) is 0 Å². The Morgan fingerprint density at radius 2 is 1.86 bits per heavy atom. The molecule has 5 nitrogen and oxygen atoms in total. The Balaban J connectivity index is 1.59. The number of para-hydroxylation sites is 2. The van der Waals surface area contributed by atoms with Crippen molar-refractivity contribution in [3.8, 4) is 5.75 Å². The summed E-state index contributed by atoms with van der Waals surface area (Å²) in [7, 11) is 0. The number of hydrogen-bond acceptors (Lipinski definition) is 4. The largest absolute Gasteiger partial charge is 0.492 e. The van der Waals surface area contributed by atoms with Gasteiger partial charge in [-0.05, 0) is 44.2 Å². The summed E-state index contributed by atoms with van der Waals surface area (Å²) in [6, 6.07) is 12.9. The summed E-state index contributed by atoms with van der Waals surface area (Å²) in [4.78, 5) is 17.1. The minimum absolute atomic E-state index is 0.0765. The maximum atomic E-state index is 12.7. The number of carbonyl (C=O) groups excluding carboxylic acids is 1. The number of benzene rings is 2. The second-order valence-corrected chi connectivity index (χ2v) is 7.56. The van der Waals surface area contributed by atoms with E-state index >= 15 is 0 Å². The molecule has 0 spiro atoms. The predicted octanol–water partition coefficient (Wildman–Crippen LogP) is 4.54. The van der Waals surface area contributed by atoms with Crippen LogP contribution < -0.4 is 15.0 Å². The number of rotatable bonds is 6. The highest BCUT2D eigenvalue weighted by molar-refractivity contribution is 6.36. The lowest BCUT2D eigenvalue weighted by atomic mass is 10.2. The molecule has 1 heterocycles. The highest BCUT2D eigenvalue weighted by atomic mass is 35.5. The van der Waals surface area contributed by atoms with Crippen LogP contribution in [0.4, 0.5) is 11.4 Å². The first kappa shape index (κ1) is 20.8. The van der Waals surface area contributed by atoms with Crippen LogP contribution in [0, 0.1) is 0 Å². The van der Waals surface area contributed by atoms with Crippen LogP contribution in [-0.4, -0.2) is 49.6 Å². The van der Waals surface area contributed by atoms with E-state index < -0.39 is 0 Å². The van der Waals surface area contributed by atoms with Gasteiger partial charge >= 0.3 is 0 Å². The van der Waals surface area contributed by atoms with Crippen LogP contribution in [0.15, 0.2) is 42.5 Å². The number of carbonyl (C=O) groups is 1. The summed E-state index contributed by atoms with van der Waals surface area (Å²) in [5, 5.41) is 3.88. The van der Waals surface area contributed by atoms with Crippen molar-refractivity contribution in [3.05, 3.63) is 52.5 Å². The molecule has 0 radical (unpaired) electrons. The third kappa shape index (κ3) is 4.90. The number of ether oxygens (including phenoxy) is 1. The number of halogens is 2. The number of nitrogens with one attached hydrogen (secondary N) is 1. The molecular formula is C21H25Cl2N3O2. The average Bonchev–Trinajstić information content (AvgIpc) is 2.70. The number of piperazine rings is 1. The van der Waals surface area contributed by atoms with Crippen molar-refractivity contribution >= 4 is 40.5 Å². The van der Waals surface area contributed by atoms with Gasteiger partial charge in [-0.1, -0.05) is 35.3 Å². The van der Waals surface area contributed by atoms with E-state index in [9.17, 15) is 4.79 Å². The minimum Gasteiger partial charge on any atom is -0.492 e. The molecule has 1 saturated heterocycles.